The summed E-state index contributed by atoms with van der Waals surface area (Å²) in [7, 11) is 2.06. The summed E-state index contributed by atoms with van der Waals surface area (Å²) >= 11 is 0. The van der Waals surface area contributed by atoms with Crippen molar-refractivity contribution in [1.82, 2.24) is 4.90 Å². The van der Waals surface area contributed by atoms with Crippen molar-refractivity contribution in [2.75, 3.05) is 7.05 Å². The van der Waals surface area contributed by atoms with E-state index in [-0.39, 0.29) is 0 Å². The SMILES string of the molecule is CN1C2CCC1C(=O)C2. The van der Waals surface area contributed by atoms with Crippen LogP contribution in [0.4, 0.5) is 0 Å². The Morgan fingerprint density at radius 2 is 2.33 bits per heavy atom. The summed E-state index contributed by atoms with van der Waals surface area (Å²) in [4.78, 5) is 13.2. The van der Waals surface area contributed by atoms with Gasteiger partial charge in [0.2, 0.25) is 0 Å². The van der Waals surface area contributed by atoms with E-state index in [1.54, 1.807) is 0 Å². The van der Waals surface area contributed by atoms with Crippen molar-refractivity contribution in [2.24, 2.45) is 0 Å². The molecule has 2 nitrogen and oxygen atoms in total. The third-order valence-corrected chi connectivity index (χ3v) is 2.65. The molecule has 50 valence electrons. The standard InChI is InChI=1S/C7H11NO/c1-8-5-2-3-6(8)7(9)4-5/h5-6H,2-4H2,1H3. The van der Waals surface area contributed by atoms with Crippen molar-refractivity contribution in [2.45, 2.75) is 31.3 Å². The summed E-state index contributed by atoms with van der Waals surface area (Å²) in [5, 5.41) is 0. The maximum atomic E-state index is 11.0. The molecule has 0 radical (unpaired) electrons. The molecule has 0 saturated carbocycles. The minimum Gasteiger partial charge on any atom is -0.298 e. The van der Waals surface area contributed by atoms with Gasteiger partial charge in [0.15, 0.2) is 5.78 Å². The molecule has 2 atom stereocenters. The van der Waals surface area contributed by atoms with Gasteiger partial charge < -0.3 is 0 Å². The number of carbonyl (C=O) groups excluding carboxylic acids is 1. The highest BCUT2D eigenvalue weighted by atomic mass is 16.1. The van der Waals surface area contributed by atoms with Crippen molar-refractivity contribution in [3.05, 3.63) is 0 Å². The molecule has 2 heterocycles. The zero-order valence-electron chi connectivity index (χ0n) is 5.63. The van der Waals surface area contributed by atoms with Crippen LogP contribution in [-0.4, -0.2) is 29.8 Å². The molecule has 2 saturated heterocycles. The molecule has 2 bridgehead atoms. The number of ketones is 1. The number of fused-ring (bicyclic) bond motifs is 2. The smallest absolute Gasteiger partial charge is 0.151 e. The molecular formula is C7H11NO. The molecule has 0 aromatic carbocycles. The third kappa shape index (κ3) is 0.568. The van der Waals surface area contributed by atoms with Gasteiger partial charge in [0.1, 0.15) is 0 Å². The highest BCUT2D eigenvalue weighted by Crippen LogP contribution is 2.32. The number of hydrogen-bond acceptors (Lipinski definition) is 2. The predicted octanol–water partition coefficient (Wildman–Crippen LogP) is 0.422. The van der Waals surface area contributed by atoms with Gasteiger partial charge in [-0.3, -0.25) is 9.69 Å². The molecule has 0 N–H and O–H groups in total. The van der Waals surface area contributed by atoms with Gasteiger partial charge in [-0.2, -0.15) is 0 Å². The summed E-state index contributed by atoms with van der Waals surface area (Å²) in [5.41, 5.74) is 0. The Morgan fingerprint density at radius 3 is 2.56 bits per heavy atom. The molecule has 0 aromatic heterocycles. The Hall–Kier alpha value is -0.370. The van der Waals surface area contributed by atoms with Crippen molar-refractivity contribution < 1.29 is 4.79 Å². The molecule has 2 aliphatic rings. The van der Waals surface area contributed by atoms with Gasteiger partial charge in [-0.25, -0.2) is 0 Å². The lowest BCUT2D eigenvalue weighted by Crippen LogP contribution is -2.25. The van der Waals surface area contributed by atoms with Crippen LogP contribution in [0.15, 0.2) is 0 Å². The molecule has 0 amide bonds. The molecule has 2 fully saturated rings. The summed E-state index contributed by atoms with van der Waals surface area (Å²) in [6.45, 7) is 0. The van der Waals surface area contributed by atoms with Gasteiger partial charge in [-0.15, -0.1) is 0 Å². The first-order valence-electron chi connectivity index (χ1n) is 3.53. The summed E-state index contributed by atoms with van der Waals surface area (Å²) in [5.74, 6) is 0.466. The minimum absolute atomic E-state index is 0.301. The van der Waals surface area contributed by atoms with Gasteiger partial charge in [0.05, 0.1) is 6.04 Å². The minimum atomic E-state index is 0.301. The topological polar surface area (TPSA) is 20.3 Å². The fourth-order valence-electron chi connectivity index (χ4n) is 2.01. The normalized spacial score (nSPS) is 42.6. The van der Waals surface area contributed by atoms with E-state index in [9.17, 15) is 4.79 Å². The van der Waals surface area contributed by atoms with Gasteiger partial charge in [-0.1, -0.05) is 0 Å². The van der Waals surface area contributed by atoms with Crippen LogP contribution in [0.25, 0.3) is 0 Å². The van der Waals surface area contributed by atoms with E-state index in [4.69, 9.17) is 0 Å². The van der Waals surface area contributed by atoms with Crippen LogP contribution >= 0.6 is 0 Å². The number of likely N-dealkylation sites (N-methyl/N-ethyl adjacent to an activating group) is 1. The van der Waals surface area contributed by atoms with Crippen molar-refractivity contribution >= 4 is 5.78 Å². The average Bonchev–Trinajstić information content (AvgIpc) is 2.25. The molecule has 9 heavy (non-hydrogen) atoms. The fraction of sp³-hybridized carbons (Fsp3) is 0.857. The maximum absolute atomic E-state index is 11.0. The Kier molecular flexibility index (Phi) is 0.943. The average molecular weight is 125 g/mol. The first-order chi connectivity index (χ1) is 4.29. The van der Waals surface area contributed by atoms with Crippen molar-refractivity contribution in [3.63, 3.8) is 0 Å². The highest BCUT2D eigenvalue weighted by Gasteiger charge is 2.42. The molecular weight excluding hydrogens is 114 g/mol. The second-order valence-corrected chi connectivity index (χ2v) is 3.08. The van der Waals surface area contributed by atoms with Crippen molar-refractivity contribution in [1.29, 1.82) is 0 Å². The molecule has 2 aliphatic heterocycles. The highest BCUT2D eigenvalue weighted by molar-refractivity contribution is 5.87. The second kappa shape index (κ2) is 1.57. The first kappa shape index (κ1) is 5.42. The Morgan fingerprint density at radius 1 is 1.56 bits per heavy atom. The van der Waals surface area contributed by atoms with Crippen LogP contribution < -0.4 is 0 Å². The van der Waals surface area contributed by atoms with Crippen LogP contribution in [-0.2, 0) is 4.79 Å². The summed E-state index contributed by atoms with van der Waals surface area (Å²) in [6.07, 6.45) is 3.17. The number of hydrogen-bond donors (Lipinski definition) is 0. The van der Waals surface area contributed by atoms with Crippen LogP contribution in [0.2, 0.25) is 0 Å². The van der Waals surface area contributed by atoms with Crippen LogP contribution in [0.1, 0.15) is 19.3 Å². The van der Waals surface area contributed by atoms with E-state index < -0.39 is 0 Å². The lowest BCUT2D eigenvalue weighted by Gasteiger charge is -2.11. The maximum Gasteiger partial charge on any atom is 0.151 e. The van der Waals surface area contributed by atoms with Gasteiger partial charge in [0, 0.05) is 12.5 Å². The molecule has 0 spiro atoms. The van der Waals surface area contributed by atoms with Crippen LogP contribution in [0.5, 0.6) is 0 Å². The van der Waals surface area contributed by atoms with Gasteiger partial charge in [-0.05, 0) is 19.9 Å². The Bertz CT molecular complexity index is 155. The number of carbonyl (C=O) groups is 1. The van der Waals surface area contributed by atoms with E-state index in [1.165, 1.54) is 6.42 Å². The lowest BCUT2D eigenvalue weighted by atomic mass is 10.00. The van der Waals surface area contributed by atoms with E-state index in [0.29, 0.717) is 17.9 Å². The predicted molar refractivity (Wildman–Crippen MR) is 34.2 cm³/mol. The molecule has 0 aromatic rings. The first-order valence-corrected chi connectivity index (χ1v) is 3.53. The quantitative estimate of drug-likeness (QED) is 0.467. The zero-order chi connectivity index (χ0) is 6.43. The number of nitrogens with zero attached hydrogens (tertiary/aromatic N) is 1. The molecule has 2 rings (SSSR count). The molecule has 0 aliphatic carbocycles. The van der Waals surface area contributed by atoms with E-state index >= 15 is 0 Å². The number of Topliss-reactive ketones (excluding diaryl/α,β-unsaturated/α-hetero) is 1. The zero-order valence-corrected chi connectivity index (χ0v) is 5.63. The molecule has 2 heteroatoms. The van der Waals surface area contributed by atoms with Crippen LogP contribution in [0, 0.1) is 0 Å². The van der Waals surface area contributed by atoms with E-state index in [2.05, 4.69) is 11.9 Å². The lowest BCUT2D eigenvalue weighted by molar-refractivity contribution is -0.120. The third-order valence-electron chi connectivity index (χ3n) is 2.65. The van der Waals surface area contributed by atoms with Gasteiger partial charge >= 0.3 is 0 Å². The largest absolute Gasteiger partial charge is 0.298 e. The van der Waals surface area contributed by atoms with Gasteiger partial charge in [0.25, 0.3) is 0 Å². The van der Waals surface area contributed by atoms with E-state index in [1.807, 2.05) is 0 Å². The van der Waals surface area contributed by atoms with E-state index in [0.717, 1.165) is 12.8 Å². The Balaban J connectivity index is 2.26. The van der Waals surface area contributed by atoms with Crippen molar-refractivity contribution in [3.8, 4) is 0 Å². The number of rotatable bonds is 0. The summed E-state index contributed by atoms with van der Waals surface area (Å²) < 4.78 is 0. The van der Waals surface area contributed by atoms with Crippen LogP contribution in [0.3, 0.4) is 0 Å². The summed E-state index contributed by atoms with van der Waals surface area (Å²) in [6, 6.07) is 0.900. The fourth-order valence-corrected chi connectivity index (χ4v) is 2.01. The molecule has 2 unspecified atom stereocenters. The monoisotopic (exact) mass is 125 g/mol. The Labute approximate surface area is 54.8 Å². The second-order valence-electron chi connectivity index (χ2n) is 3.08.